The number of aromatic carboxylic acids is 1. The van der Waals surface area contributed by atoms with E-state index in [0.29, 0.717) is 22.5 Å². The van der Waals surface area contributed by atoms with Crippen molar-refractivity contribution in [2.45, 2.75) is 43.9 Å². The summed E-state index contributed by atoms with van der Waals surface area (Å²) in [4.78, 5) is 28.0. The van der Waals surface area contributed by atoms with Gasteiger partial charge in [-0.15, -0.1) is 0 Å². The predicted octanol–water partition coefficient (Wildman–Crippen LogP) is 6.24. The van der Waals surface area contributed by atoms with Gasteiger partial charge in [0.2, 0.25) is 0 Å². The van der Waals surface area contributed by atoms with Crippen LogP contribution in [0.5, 0.6) is 0 Å². The molecule has 7 rings (SSSR count). The third kappa shape index (κ3) is 4.29. The average Bonchev–Trinajstić information content (AvgIpc) is 2.85. The van der Waals surface area contributed by atoms with E-state index >= 15 is 0 Å². The monoisotopic (exact) mass is 467 g/mol. The quantitative estimate of drug-likeness (QED) is 0.399. The first-order valence-electron chi connectivity index (χ1n) is 12.5. The number of pyridine rings is 1. The molecule has 0 unspecified atom stereocenters. The van der Waals surface area contributed by atoms with Crippen molar-refractivity contribution in [1.82, 2.24) is 4.98 Å². The van der Waals surface area contributed by atoms with E-state index in [1.165, 1.54) is 50.2 Å². The largest absolute Gasteiger partial charge is 0.477 e. The van der Waals surface area contributed by atoms with Crippen LogP contribution in [0.1, 0.15) is 64.9 Å². The van der Waals surface area contributed by atoms with Crippen molar-refractivity contribution in [3.8, 4) is 0 Å². The van der Waals surface area contributed by atoms with Crippen LogP contribution in [0.15, 0.2) is 66.7 Å². The highest BCUT2D eigenvalue weighted by atomic mass is 16.4. The van der Waals surface area contributed by atoms with E-state index in [0.717, 1.165) is 23.4 Å². The van der Waals surface area contributed by atoms with Crippen molar-refractivity contribution in [2.75, 3.05) is 10.6 Å². The van der Waals surface area contributed by atoms with Crippen molar-refractivity contribution in [1.29, 1.82) is 0 Å². The van der Waals surface area contributed by atoms with Gasteiger partial charge in [0.25, 0.3) is 5.91 Å². The van der Waals surface area contributed by atoms with E-state index in [1.54, 1.807) is 12.1 Å². The Labute approximate surface area is 204 Å². The summed E-state index contributed by atoms with van der Waals surface area (Å²) < 4.78 is 0. The molecule has 4 aliphatic carbocycles. The number of aromatic nitrogens is 1. The van der Waals surface area contributed by atoms with E-state index in [4.69, 9.17) is 5.11 Å². The number of hydrogen-bond acceptors (Lipinski definition) is 4. The first kappa shape index (κ1) is 21.8. The number of rotatable bonds is 6. The Bertz CT molecular complexity index is 1230. The number of carboxylic acids is 1. The molecule has 4 aliphatic rings. The van der Waals surface area contributed by atoms with Crippen molar-refractivity contribution in [3.05, 3.63) is 83.6 Å². The summed E-state index contributed by atoms with van der Waals surface area (Å²) >= 11 is 0. The Morgan fingerprint density at radius 1 is 0.800 bits per heavy atom. The van der Waals surface area contributed by atoms with Gasteiger partial charge in [0.1, 0.15) is 5.82 Å². The molecule has 178 valence electrons. The van der Waals surface area contributed by atoms with Crippen molar-refractivity contribution in [2.24, 2.45) is 17.8 Å². The summed E-state index contributed by atoms with van der Waals surface area (Å²) in [6, 6.07) is 20.4. The van der Waals surface area contributed by atoms with E-state index in [9.17, 15) is 9.59 Å². The number of nitrogens with one attached hydrogen (secondary N) is 2. The maximum Gasteiger partial charge on any atom is 0.354 e. The Morgan fingerprint density at radius 3 is 2.00 bits per heavy atom. The molecule has 4 fully saturated rings. The van der Waals surface area contributed by atoms with Crippen LogP contribution >= 0.6 is 0 Å². The second-order valence-electron chi connectivity index (χ2n) is 10.6. The maximum absolute atomic E-state index is 12.9. The molecule has 2 aromatic carbocycles. The molecule has 3 aromatic rings. The molecule has 35 heavy (non-hydrogen) atoms. The number of hydrogen-bond donors (Lipinski definition) is 3. The molecule has 1 aromatic heterocycles. The molecule has 0 spiro atoms. The minimum Gasteiger partial charge on any atom is -0.477 e. The summed E-state index contributed by atoms with van der Waals surface area (Å²) in [5, 5.41) is 15.1. The summed E-state index contributed by atoms with van der Waals surface area (Å²) in [6.07, 6.45) is 8.25. The Morgan fingerprint density at radius 2 is 1.40 bits per heavy atom. The standard InChI is InChI=1S/C29H29N3O3/c33-27(31-24-10-8-23(9-11-24)30-26-3-1-2-25(32-26)28(34)35)21-4-6-22(7-5-21)29-15-18-12-19(16-29)14-20(13-18)17-29/h1-11,18-20H,12-17H2,(H,30,32)(H,31,33)(H,34,35). The first-order valence-corrected chi connectivity index (χ1v) is 12.5. The average molecular weight is 468 g/mol. The van der Waals surface area contributed by atoms with Crippen LogP contribution in [-0.2, 0) is 5.41 Å². The minimum atomic E-state index is -1.07. The van der Waals surface area contributed by atoms with E-state index < -0.39 is 5.97 Å². The van der Waals surface area contributed by atoms with Crippen LogP contribution < -0.4 is 10.6 Å². The van der Waals surface area contributed by atoms with E-state index in [-0.39, 0.29) is 11.6 Å². The fourth-order valence-corrected chi connectivity index (χ4v) is 7.05. The molecular formula is C29H29N3O3. The Hall–Kier alpha value is -3.67. The van der Waals surface area contributed by atoms with Crippen molar-refractivity contribution in [3.63, 3.8) is 0 Å². The first-order chi connectivity index (χ1) is 17.0. The summed E-state index contributed by atoms with van der Waals surface area (Å²) in [5.41, 5.74) is 3.84. The molecule has 0 radical (unpaired) electrons. The topological polar surface area (TPSA) is 91.3 Å². The molecule has 0 aliphatic heterocycles. The molecule has 6 heteroatoms. The van der Waals surface area contributed by atoms with Gasteiger partial charge in [-0.1, -0.05) is 18.2 Å². The molecule has 1 amide bonds. The number of carbonyl (C=O) groups excluding carboxylic acids is 1. The van der Waals surface area contributed by atoms with Crippen LogP contribution in [0.25, 0.3) is 0 Å². The van der Waals surface area contributed by atoms with Crippen LogP contribution in [0, 0.1) is 17.8 Å². The number of carboxylic acid groups (broad SMARTS) is 1. The fraction of sp³-hybridized carbons (Fsp3) is 0.345. The highest BCUT2D eigenvalue weighted by Gasteiger charge is 2.51. The zero-order valence-electron chi connectivity index (χ0n) is 19.5. The molecule has 4 bridgehead atoms. The second-order valence-corrected chi connectivity index (χ2v) is 10.6. The second kappa shape index (κ2) is 8.52. The number of anilines is 3. The molecule has 3 N–H and O–H groups in total. The Kier molecular flexibility index (Phi) is 5.32. The highest BCUT2D eigenvalue weighted by molar-refractivity contribution is 6.04. The summed E-state index contributed by atoms with van der Waals surface area (Å²) in [5.74, 6) is 1.95. The highest BCUT2D eigenvalue weighted by Crippen LogP contribution is 2.60. The number of carbonyl (C=O) groups is 2. The van der Waals surface area contributed by atoms with Crippen LogP contribution in [-0.4, -0.2) is 22.0 Å². The van der Waals surface area contributed by atoms with Gasteiger partial charge in [-0.2, -0.15) is 0 Å². The normalized spacial score (nSPS) is 26.3. The zero-order valence-corrected chi connectivity index (χ0v) is 19.5. The van der Waals surface area contributed by atoms with Crippen LogP contribution in [0.2, 0.25) is 0 Å². The third-order valence-corrected chi connectivity index (χ3v) is 8.18. The van der Waals surface area contributed by atoms with Crippen LogP contribution in [0.4, 0.5) is 17.2 Å². The third-order valence-electron chi connectivity index (χ3n) is 8.18. The van der Waals surface area contributed by atoms with Crippen molar-refractivity contribution >= 4 is 29.1 Å². The lowest BCUT2D eigenvalue weighted by Crippen LogP contribution is -2.48. The smallest absolute Gasteiger partial charge is 0.354 e. The lowest BCUT2D eigenvalue weighted by molar-refractivity contribution is -0.00519. The fourth-order valence-electron chi connectivity index (χ4n) is 7.05. The number of benzene rings is 2. The molecule has 1 heterocycles. The molecular weight excluding hydrogens is 438 g/mol. The van der Waals surface area contributed by atoms with Crippen LogP contribution in [0.3, 0.4) is 0 Å². The molecule has 0 atom stereocenters. The molecule has 6 nitrogen and oxygen atoms in total. The van der Waals surface area contributed by atoms with Gasteiger partial charge in [-0.3, -0.25) is 4.79 Å². The maximum atomic E-state index is 12.9. The SMILES string of the molecule is O=C(Nc1ccc(Nc2cccc(C(=O)O)n2)cc1)c1ccc(C23CC4CC(CC(C4)C2)C3)cc1. The van der Waals surface area contributed by atoms with Gasteiger partial charge in [-0.05, 0) is 116 Å². The lowest BCUT2D eigenvalue weighted by atomic mass is 9.48. The zero-order chi connectivity index (χ0) is 24.0. The number of nitrogens with zero attached hydrogens (tertiary/aromatic N) is 1. The van der Waals surface area contributed by atoms with Gasteiger partial charge in [-0.25, -0.2) is 9.78 Å². The minimum absolute atomic E-state index is 0.0203. The Balaban J connectivity index is 1.10. The van der Waals surface area contributed by atoms with E-state index in [1.807, 2.05) is 36.4 Å². The van der Waals surface area contributed by atoms with Gasteiger partial charge in [0, 0.05) is 16.9 Å². The summed E-state index contributed by atoms with van der Waals surface area (Å²) in [7, 11) is 0. The van der Waals surface area contributed by atoms with Gasteiger partial charge < -0.3 is 15.7 Å². The summed E-state index contributed by atoms with van der Waals surface area (Å²) in [6.45, 7) is 0. The molecule has 4 saturated carbocycles. The van der Waals surface area contributed by atoms with Gasteiger partial charge >= 0.3 is 5.97 Å². The lowest BCUT2D eigenvalue weighted by Gasteiger charge is -2.57. The number of amides is 1. The van der Waals surface area contributed by atoms with Crippen molar-refractivity contribution < 1.29 is 14.7 Å². The van der Waals surface area contributed by atoms with E-state index in [2.05, 4.69) is 27.8 Å². The van der Waals surface area contributed by atoms with Gasteiger partial charge in [0.05, 0.1) is 0 Å². The van der Waals surface area contributed by atoms with Gasteiger partial charge in [0.15, 0.2) is 5.69 Å². The molecule has 0 saturated heterocycles. The predicted molar refractivity (Wildman–Crippen MR) is 135 cm³/mol.